The number of aryl methyl sites for hydroxylation is 3. The lowest BCUT2D eigenvalue weighted by molar-refractivity contribution is 0.623. The molecular weight excluding hydrogens is 308 g/mol. The van der Waals surface area contributed by atoms with Gasteiger partial charge in [0.2, 0.25) is 0 Å². The molecule has 2 nitrogen and oxygen atoms in total. The second-order valence-electron chi connectivity index (χ2n) is 6.50. The van der Waals surface area contributed by atoms with Gasteiger partial charge in [0.05, 0.1) is 9.91 Å². The molecule has 4 heteroatoms. The first kappa shape index (κ1) is 17.7. The molecule has 1 aromatic carbocycles. The van der Waals surface area contributed by atoms with Crippen LogP contribution in [0, 0.1) is 25.2 Å². The molecule has 0 aliphatic carbocycles. The van der Waals surface area contributed by atoms with E-state index in [1.54, 1.807) is 0 Å². The average molecular weight is 337 g/mol. The third kappa shape index (κ3) is 4.95. The zero-order valence-corrected chi connectivity index (χ0v) is 15.6. The number of amidine groups is 1. The molecule has 3 N–H and O–H groups in total. The van der Waals surface area contributed by atoms with Gasteiger partial charge < -0.3 is 5.73 Å². The first-order valence-corrected chi connectivity index (χ1v) is 10.1. The lowest BCUT2D eigenvalue weighted by Crippen LogP contribution is -2.34. The van der Waals surface area contributed by atoms with Gasteiger partial charge in [0, 0.05) is 6.42 Å². The highest BCUT2D eigenvalue weighted by molar-refractivity contribution is 8.18. The SMILES string of the molecule is CCC1CSC(CCc2cc(C)cc(C)c2)(CC(=N)N)SC1. The van der Waals surface area contributed by atoms with Gasteiger partial charge in [-0.1, -0.05) is 42.7 Å². The minimum absolute atomic E-state index is 0.106. The Balaban J connectivity index is 2.05. The maximum atomic E-state index is 7.75. The molecule has 0 spiro atoms. The van der Waals surface area contributed by atoms with Gasteiger partial charge in [-0.3, -0.25) is 5.41 Å². The Morgan fingerprint density at radius 3 is 2.32 bits per heavy atom. The van der Waals surface area contributed by atoms with Crippen molar-refractivity contribution >= 4 is 29.4 Å². The molecule has 22 heavy (non-hydrogen) atoms. The Labute approximate surface area is 143 Å². The number of nitrogens with one attached hydrogen (secondary N) is 1. The molecule has 0 radical (unpaired) electrons. The van der Waals surface area contributed by atoms with Gasteiger partial charge in [-0.2, -0.15) is 0 Å². The molecule has 122 valence electrons. The van der Waals surface area contributed by atoms with Gasteiger partial charge in [-0.25, -0.2) is 0 Å². The highest BCUT2D eigenvalue weighted by Crippen LogP contribution is 2.49. The maximum Gasteiger partial charge on any atom is 0.0927 e. The molecule has 0 amide bonds. The molecular formula is C18H28N2S2. The summed E-state index contributed by atoms with van der Waals surface area (Å²) in [6.45, 7) is 6.61. The molecule has 0 bridgehead atoms. The molecule has 1 heterocycles. The fourth-order valence-electron chi connectivity index (χ4n) is 3.04. The van der Waals surface area contributed by atoms with E-state index in [1.165, 1.54) is 34.6 Å². The van der Waals surface area contributed by atoms with Crippen molar-refractivity contribution in [1.29, 1.82) is 5.41 Å². The van der Waals surface area contributed by atoms with Crippen molar-refractivity contribution in [3.8, 4) is 0 Å². The van der Waals surface area contributed by atoms with Gasteiger partial charge in [0.25, 0.3) is 0 Å². The van der Waals surface area contributed by atoms with Crippen LogP contribution in [0.3, 0.4) is 0 Å². The Hall–Kier alpha value is -0.610. The Morgan fingerprint density at radius 1 is 1.23 bits per heavy atom. The fourth-order valence-corrected chi connectivity index (χ4v) is 6.72. The van der Waals surface area contributed by atoms with Crippen molar-refractivity contribution in [3.05, 3.63) is 34.9 Å². The van der Waals surface area contributed by atoms with E-state index in [2.05, 4.69) is 39.0 Å². The first-order chi connectivity index (χ1) is 10.4. The number of hydrogen-bond donors (Lipinski definition) is 2. The highest BCUT2D eigenvalue weighted by atomic mass is 32.2. The van der Waals surface area contributed by atoms with Gasteiger partial charge in [-0.15, -0.1) is 23.5 Å². The molecule has 0 unspecified atom stereocenters. The third-order valence-corrected chi connectivity index (χ3v) is 8.01. The van der Waals surface area contributed by atoms with Crippen LogP contribution in [-0.4, -0.2) is 21.4 Å². The van der Waals surface area contributed by atoms with Gasteiger partial charge in [0.1, 0.15) is 0 Å². The van der Waals surface area contributed by atoms with Crippen LogP contribution in [0.5, 0.6) is 0 Å². The maximum absolute atomic E-state index is 7.75. The second-order valence-corrected chi connectivity index (χ2v) is 9.57. The monoisotopic (exact) mass is 336 g/mol. The normalized spacial score (nSPS) is 25.1. The van der Waals surface area contributed by atoms with E-state index in [4.69, 9.17) is 11.1 Å². The summed E-state index contributed by atoms with van der Waals surface area (Å²) < 4.78 is 0.106. The predicted molar refractivity (Wildman–Crippen MR) is 102 cm³/mol. The van der Waals surface area contributed by atoms with E-state index in [1.807, 2.05) is 23.5 Å². The number of hydrogen-bond acceptors (Lipinski definition) is 3. The summed E-state index contributed by atoms with van der Waals surface area (Å²) in [5.41, 5.74) is 9.84. The fraction of sp³-hybridized carbons (Fsp3) is 0.611. The number of thioether (sulfide) groups is 2. The minimum atomic E-state index is 0.106. The molecule has 1 aromatic rings. The van der Waals surface area contributed by atoms with Crippen molar-refractivity contribution < 1.29 is 0 Å². The number of benzene rings is 1. The van der Waals surface area contributed by atoms with Crippen LogP contribution in [0.1, 0.15) is 42.9 Å². The molecule has 1 aliphatic heterocycles. The lowest BCUT2D eigenvalue weighted by Gasteiger charge is -2.39. The van der Waals surface area contributed by atoms with Crippen molar-refractivity contribution in [3.63, 3.8) is 0 Å². The third-order valence-electron chi connectivity index (χ3n) is 4.28. The van der Waals surface area contributed by atoms with Crippen LogP contribution in [0.2, 0.25) is 0 Å². The van der Waals surface area contributed by atoms with Crippen molar-refractivity contribution in [2.24, 2.45) is 11.7 Å². The summed E-state index contributed by atoms with van der Waals surface area (Å²) in [4.78, 5) is 0. The minimum Gasteiger partial charge on any atom is -0.388 e. The zero-order chi connectivity index (χ0) is 16.2. The largest absolute Gasteiger partial charge is 0.388 e. The van der Waals surface area contributed by atoms with E-state index >= 15 is 0 Å². The molecule has 1 saturated heterocycles. The van der Waals surface area contributed by atoms with Crippen LogP contribution >= 0.6 is 23.5 Å². The van der Waals surface area contributed by atoms with Crippen molar-refractivity contribution in [2.45, 2.75) is 50.5 Å². The topological polar surface area (TPSA) is 49.9 Å². The summed E-state index contributed by atoms with van der Waals surface area (Å²) in [5.74, 6) is 3.57. The van der Waals surface area contributed by atoms with Gasteiger partial charge in [0.15, 0.2) is 0 Å². The lowest BCUT2D eigenvalue weighted by atomic mass is 10.0. The zero-order valence-electron chi connectivity index (χ0n) is 13.9. The van der Waals surface area contributed by atoms with E-state index in [-0.39, 0.29) is 4.08 Å². The number of nitrogens with two attached hydrogens (primary N) is 1. The second kappa shape index (κ2) is 7.78. The molecule has 0 atom stereocenters. The van der Waals surface area contributed by atoms with Crippen molar-refractivity contribution in [1.82, 2.24) is 0 Å². The summed E-state index contributed by atoms with van der Waals surface area (Å²) in [6.07, 6.45) is 4.14. The Morgan fingerprint density at radius 2 is 1.82 bits per heavy atom. The molecule has 0 aromatic heterocycles. The van der Waals surface area contributed by atoms with Crippen LogP contribution in [-0.2, 0) is 6.42 Å². The molecule has 1 aliphatic rings. The van der Waals surface area contributed by atoms with Crippen LogP contribution in [0.4, 0.5) is 0 Å². The predicted octanol–water partition coefficient (Wildman–Crippen LogP) is 4.76. The molecule has 2 rings (SSSR count). The summed E-state index contributed by atoms with van der Waals surface area (Å²) >= 11 is 4.08. The highest BCUT2D eigenvalue weighted by Gasteiger charge is 2.36. The average Bonchev–Trinajstić information content (AvgIpc) is 2.44. The standard InChI is InChI=1S/C18H28N2S2/c1-4-15-11-21-18(22-12-15,10-17(19)20)6-5-16-8-13(2)7-14(3)9-16/h7-9,15H,4-6,10-12H2,1-3H3,(H3,19,20). The van der Waals surface area contributed by atoms with E-state index < -0.39 is 0 Å². The summed E-state index contributed by atoms with van der Waals surface area (Å²) in [5, 5.41) is 7.75. The Bertz CT molecular complexity index is 500. The Kier molecular flexibility index (Phi) is 6.27. The summed E-state index contributed by atoms with van der Waals surface area (Å²) in [7, 11) is 0. The summed E-state index contributed by atoms with van der Waals surface area (Å²) in [6, 6.07) is 6.81. The van der Waals surface area contributed by atoms with Crippen LogP contribution in [0.25, 0.3) is 0 Å². The van der Waals surface area contributed by atoms with E-state index in [0.717, 1.165) is 18.8 Å². The van der Waals surface area contributed by atoms with Crippen LogP contribution in [0.15, 0.2) is 18.2 Å². The molecule has 1 fully saturated rings. The smallest absolute Gasteiger partial charge is 0.0927 e. The van der Waals surface area contributed by atoms with Gasteiger partial charge in [-0.05, 0) is 49.7 Å². The quantitative estimate of drug-likeness (QED) is 0.581. The van der Waals surface area contributed by atoms with Crippen molar-refractivity contribution in [2.75, 3.05) is 11.5 Å². The van der Waals surface area contributed by atoms with Gasteiger partial charge >= 0.3 is 0 Å². The molecule has 0 saturated carbocycles. The van der Waals surface area contributed by atoms with E-state index in [9.17, 15) is 0 Å². The van der Waals surface area contributed by atoms with E-state index in [0.29, 0.717) is 12.3 Å². The van der Waals surface area contributed by atoms with Crippen LogP contribution < -0.4 is 5.73 Å². The first-order valence-electron chi connectivity index (χ1n) is 8.10. The number of rotatable bonds is 6.